The molecule has 0 aromatic rings. The molecular weight excluding hydrogens is 1130 g/mol. The molecule has 16 N–H and O–H groups in total. The largest absolute Gasteiger partial charge is 0.432 e. The number of fused-ring (bicyclic) bond motifs is 7. The van der Waals surface area contributed by atoms with Gasteiger partial charge in [-0.15, -0.1) is 0 Å². The Balaban J connectivity index is 0.855. The lowest BCUT2D eigenvalue weighted by Gasteiger charge is -2.72. The lowest BCUT2D eigenvalue weighted by atomic mass is 9.33. The molecule has 0 aromatic heterocycles. The molecule has 0 spiro atoms. The summed E-state index contributed by atoms with van der Waals surface area (Å²) in [5.41, 5.74) is -3.61. The van der Waals surface area contributed by atoms with E-state index in [0.29, 0.717) is 32.1 Å². The molecule has 4 saturated carbocycles. The van der Waals surface area contributed by atoms with E-state index in [1.165, 1.54) is 20.8 Å². The van der Waals surface area contributed by atoms with Crippen molar-refractivity contribution in [3.63, 3.8) is 0 Å². The van der Waals surface area contributed by atoms with Crippen LogP contribution in [0.2, 0.25) is 0 Å². The number of carbonyl (C=O) groups is 1. The van der Waals surface area contributed by atoms with Gasteiger partial charge in [0.1, 0.15) is 97.0 Å². The molecule has 0 radical (unpaired) electrons. The number of esters is 1. The number of hydrogen-bond donors (Lipinski definition) is 16. The Morgan fingerprint density at radius 2 is 1.13 bits per heavy atom. The fraction of sp³-hybridized carbons (Fsp3) is 0.948. The van der Waals surface area contributed by atoms with Crippen LogP contribution in [0.5, 0.6) is 0 Å². The van der Waals surface area contributed by atoms with Gasteiger partial charge in [0, 0.05) is 5.41 Å². The standard InChI is InChI=1S/C58H94O27/c1-21-11-14-58(26(15-21)25-9-10-31-54(5)16-27(61)47(84-51-41(72)37(68)35(66)29(18-59)80-51)55(6,20-60)30(54)12-13-56(31,7)57(25,8)17-32(58)63)53(75)85-52-46(38(69)34(65)23(3)78-52)83-50-42(73)39(70)44(24(4)79-50)81-48-43(74)45(28(62)19-76-48)82-49-40(71)36(67)33(64)22(2)77-49/h9,21-24,26-52,59-74H,10-20H2,1-8H3/t21-,22+,23-,24+,26+,27+,28-,29-,30-,31-,32-,33+,34+,35-,36-,37+,38+,39+,40-,41-,42-,43-,44+,45+,46-,47+,48+,49+,50+,51+,52+,54+,55+,56-,57-,58-/m1/s1. The molecule has 5 saturated heterocycles. The molecule has 5 aliphatic carbocycles. The molecule has 9 fully saturated rings. The van der Waals surface area contributed by atoms with Gasteiger partial charge in [0.15, 0.2) is 31.3 Å². The van der Waals surface area contributed by atoms with Crippen molar-refractivity contribution in [3.8, 4) is 0 Å². The summed E-state index contributed by atoms with van der Waals surface area (Å²) >= 11 is 0. The zero-order valence-corrected chi connectivity index (χ0v) is 49.4. The van der Waals surface area contributed by atoms with E-state index in [4.69, 9.17) is 47.4 Å². The van der Waals surface area contributed by atoms with Gasteiger partial charge in [-0.3, -0.25) is 4.79 Å². The predicted molar refractivity (Wildman–Crippen MR) is 285 cm³/mol. The molecule has 0 aromatic carbocycles. The van der Waals surface area contributed by atoms with Gasteiger partial charge in [-0.2, -0.15) is 0 Å². The normalized spacial score (nSPS) is 57.3. The molecular formula is C58H94O27. The zero-order valence-electron chi connectivity index (χ0n) is 49.4. The lowest BCUT2D eigenvalue weighted by Crippen LogP contribution is -2.70. The van der Waals surface area contributed by atoms with Gasteiger partial charge in [-0.1, -0.05) is 46.3 Å². The molecule has 5 aliphatic heterocycles. The van der Waals surface area contributed by atoms with Crippen molar-refractivity contribution in [2.75, 3.05) is 19.8 Å². The Labute approximate surface area is 493 Å². The summed E-state index contributed by atoms with van der Waals surface area (Å²) in [7, 11) is 0. The molecule has 85 heavy (non-hydrogen) atoms. The van der Waals surface area contributed by atoms with E-state index >= 15 is 4.79 Å². The lowest BCUT2D eigenvalue weighted by molar-refractivity contribution is -0.380. The van der Waals surface area contributed by atoms with E-state index in [0.717, 1.165) is 5.57 Å². The van der Waals surface area contributed by atoms with E-state index in [-0.39, 0.29) is 37.0 Å². The number of ether oxygens (including phenoxy) is 10. The highest BCUT2D eigenvalue weighted by molar-refractivity contribution is 5.80. The van der Waals surface area contributed by atoms with E-state index in [9.17, 15) is 81.7 Å². The van der Waals surface area contributed by atoms with Crippen LogP contribution in [0.3, 0.4) is 0 Å². The highest BCUT2D eigenvalue weighted by Gasteiger charge is 2.73. The number of aliphatic hydroxyl groups excluding tert-OH is 16. The van der Waals surface area contributed by atoms with Gasteiger partial charge in [0.2, 0.25) is 6.29 Å². The third-order valence-corrected chi connectivity index (χ3v) is 22.9. The minimum atomic E-state index is -1.98. The summed E-state index contributed by atoms with van der Waals surface area (Å²) in [6, 6.07) is 0. The van der Waals surface area contributed by atoms with Crippen LogP contribution in [0.25, 0.3) is 0 Å². The summed E-state index contributed by atoms with van der Waals surface area (Å²) in [6.45, 7) is 13.1. The second-order valence-corrected chi connectivity index (χ2v) is 27.7. The third kappa shape index (κ3) is 10.7. The molecule has 0 bridgehead atoms. The van der Waals surface area contributed by atoms with Crippen molar-refractivity contribution in [3.05, 3.63) is 11.6 Å². The van der Waals surface area contributed by atoms with Crippen LogP contribution in [-0.4, -0.2) is 273 Å². The number of allylic oxidation sites excluding steroid dienone is 2. The van der Waals surface area contributed by atoms with Gasteiger partial charge in [-0.05, 0) is 112 Å². The molecule has 10 aliphatic rings. The van der Waals surface area contributed by atoms with Gasteiger partial charge < -0.3 is 129 Å². The van der Waals surface area contributed by atoms with Crippen LogP contribution in [-0.2, 0) is 52.2 Å². The fourth-order valence-electron chi connectivity index (χ4n) is 17.7. The molecule has 27 heteroatoms. The van der Waals surface area contributed by atoms with Crippen molar-refractivity contribution in [2.45, 2.75) is 272 Å². The Kier molecular flexibility index (Phi) is 18.9. The Hall–Kier alpha value is -1.79. The third-order valence-electron chi connectivity index (χ3n) is 22.9. The Bertz CT molecular complexity index is 2370. The van der Waals surface area contributed by atoms with Crippen molar-refractivity contribution >= 4 is 5.97 Å². The van der Waals surface area contributed by atoms with Gasteiger partial charge in [0.05, 0.1) is 56.4 Å². The first kappa shape index (κ1) is 66.1. The Morgan fingerprint density at radius 3 is 1.78 bits per heavy atom. The number of hydrogen-bond acceptors (Lipinski definition) is 27. The van der Waals surface area contributed by atoms with Crippen LogP contribution >= 0.6 is 0 Å². The maximum absolute atomic E-state index is 15.4. The maximum atomic E-state index is 15.4. The van der Waals surface area contributed by atoms with Gasteiger partial charge in [0.25, 0.3) is 0 Å². The van der Waals surface area contributed by atoms with Crippen molar-refractivity contribution in [1.82, 2.24) is 0 Å². The summed E-state index contributed by atoms with van der Waals surface area (Å²) in [5.74, 6) is -1.69. The number of rotatable bonds is 12. The van der Waals surface area contributed by atoms with Crippen molar-refractivity contribution in [1.29, 1.82) is 0 Å². The first-order valence-electron chi connectivity index (χ1n) is 30.4. The van der Waals surface area contributed by atoms with E-state index < -0.39 is 225 Å². The molecule has 0 amide bonds. The maximum Gasteiger partial charge on any atom is 0.317 e. The topological polar surface area (TPSA) is 433 Å². The smallest absolute Gasteiger partial charge is 0.317 e. The molecule has 27 nitrogen and oxygen atoms in total. The van der Waals surface area contributed by atoms with E-state index in [1.807, 2.05) is 6.92 Å². The summed E-state index contributed by atoms with van der Waals surface area (Å²) in [6.07, 6.45) is -36.6. The van der Waals surface area contributed by atoms with Crippen molar-refractivity contribution < 1.29 is 134 Å². The average Bonchev–Trinajstić information content (AvgIpc) is 0.866. The van der Waals surface area contributed by atoms with Crippen molar-refractivity contribution in [2.24, 2.45) is 50.7 Å². The molecule has 36 atom stereocenters. The summed E-state index contributed by atoms with van der Waals surface area (Å²) < 4.78 is 59.3. The first-order chi connectivity index (χ1) is 39.8. The summed E-state index contributed by atoms with van der Waals surface area (Å²) in [4.78, 5) is 15.4. The SMILES string of the molecule is C[C@@H]1CC[C@]2(C(=O)O[C@@H]3O[C@H](C)[C@H](O)[C@H](O)[C@H]3O[C@@H]3O[C@@H](C)[C@H](O[C@@H]4OC[C@@H](O)[C@H](O[C@@H]5O[C@@H](C)[C@H](O)[C@@H](O)[C@H]5O)[C@H]4O)[C@@H](O)[C@H]3O)[C@H](O)C[C@]3(C)C(=CC[C@@H]4[C@@]5(C)C[C@H](O)[C@H](O[C@@H]6O[C@H](CO)[C@@H](O)[C@H](O)[C@H]6O)[C@@](C)(CO)[C@@H]5CC[C@]43C)[C@@H]2C1. The Morgan fingerprint density at radius 1 is 0.565 bits per heavy atom. The average molecular weight is 1220 g/mol. The van der Waals surface area contributed by atoms with Gasteiger partial charge in [-0.25, -0.2) is 0 Å². The minimum Gasteiger partial charge on any atom is -0.432 e. The van der Waals surface area contributed by atoms with E-state index in [2.05, 4.69) is 33.8 Å². The van der Waals surface area contributed by atoms with Gasteiger partial charge >= 0.3 is 5.97 Å². The predicted octanol–water partition coefficient (Wildman–Crippen LogP) is -3.97. The number of carbonyl (C=O) groups excluding carboxylic acids is 1. The molecule has 10 rings (SSSR count). The molecule has 5 heterocycles. The van der Waals surface area contributed by atoms with E-state index in [1.54, 1.807) is 0 Å². The van der Waals surface area contributed by atoms with Crippen LogP contribution in [0.1, 0.15) is 107 Å². The van der Waals surface area contributed by atoms with Crippen LogP contribution in [0.15, 0.2) is 11.6 Å². The van der Waals surface area contributed by atoms with Crippen LogP contribution in [0, 0.1) is 50.7 Å². The van der Waals surface area contributed by atoms with Crippen LogP contribution < -0.4 is 0 Å². The highest BCUT2D eigenvalue weighted by atomic mass is 16.8. The second-order valence-electron chi connectivity index (χ2n) is 27.7. The number of aliphatic hydroxyl groups is 16. The second kappa shape index (κ2) is 24.4. The monoisotopic (exact) mass is 1220 g/mol. The quantitative estimate of drug-likeness (QED) is 0.0503. The zero-order chi connectivity index (χ0) is 62.1. The fourth-order valence-corrected chi connectivity index (χ4v) is 17.7. The highest BCUT2D eigenvalue weighted by Crippen LogP contribution is 2.76. The molecule has 0 unspecified atom stereocenters. The summed E-state index contributed by atoms with van der Waals surface area (Å²) in [5, 5.41) is 177. The van der Waals surface area contributed by atoms with Crippen LogP contribution in [0.4, 0.5) is 0 Å². The first-order valence-corrected chi connectivity index (χ1v) is 30.4. The molecule has 488 valence electrons. The minimum absolute atomic E-state index is 0.110.